The highest BCUT2D eigenvalue weighted by molar-refractivity contribution is 5.94. The summed E-state index contributed by atoms with van der Waals surface area (Å²) in [6, 6.07) is 7.73. The first-order valence-corrected chi connectivity index (χ1v) is 8.30. The fourth-order valence-corrected chi connectivity index (χ4v) is 2.93. The van der Waals surface area contributed by atoms with Gasteiger partial charge in [0.15, 0.2) is 0 Å². The van der Waals surface area contributed by atoms with E-state index >= 15 is 0 Å². The zero-order valence-corrected chi connectivity index (χ0v) is 13.7. The van der Waals surface area contributed by atoms with Crippen molar-refractivity contribution in [2.45, 2.75) is 0 Å². The highest BCUT2D eigenvalue weighted by Crippen LogP contribution is 2.25. The van der Waals surface area contributed by atoms with Gasteiger partial charge in [0.1, 0.15) is 0 Å². The standard InChI is InChI=1S/C17H19N5O3/c23-16(19-6-7-22-8-10-24-11-9-22)17-20-15(21-25-17)13-2-1-3-14-12(13)4-5-18-14/h1-5,18H,6-11H2,(H,19,23). The molecule has 1 aliphatic heterocycles. The van der Waals surface area contributed by atoms with Crippen LogP contribution in [-0.2, 0) is 4.74 Å². The van der Waals surface area contributed by atoms with E-state index in [1.807, 2.05) is 30.5 Å². The molecule has 0 bridgehead atoms. The number of benzene rings is 1. The highest BCUT2D eigenvalue weighted by Gasteiger charge is 2.18. The average molecular weight is 341 g/mol. The largest absolute Gasteiger partial charge is 0.379 e. The van der Waals surface area contributed by atoms with Crippen LogP contribution in [-0.4, -0.2) is 65.3 Å². The van der Waals surface area contributed by atoms with Crippen LogP contribution in [0.1, 0.15) is 10.7 Å². The Morgan fingerprint density at radius 2 is 2.16 bits per heavy atom. The molecule has 4 rings (SSSR count). The normalized spacial score (nSPS) is 15.5. The van der Waals surface area contributed by atoms with Crippen LogP contribution in [0.2, 0.25) is 0 Å². The second kappa shape index (κ2) is 7.04. The molecule has 1 aliphatic rings. The zero-order chi connectivity index (χ0) is 17.1. The maximum atomic E-state index is 12.2. The number of hydrogen-bond acceptors (Lipinski definition) is 6. The summed E-state index contributed by atoms with van der Waals surface area (Å²) in [6.45, 7) is 4.57. The van der Waals surface area contributed by atoms with Crippen molar-refractivity contribution in [2.75, 3.05) is 39.4 Å². The van der Waals surface area contributed by atoms with Crippen molar-refractivity contribution in [2.24, 2.45) is 0 Å². The van der Waals surface area contributed by atoms with Gasteiger partial charge in [-0.05, 0) is 12.1 Å². The summed E-state index contributed by atoms with van der Waals surface area (Å²) in [6.07, 6.45) is 1.85. The van der Waals surface area contributed by atoms with Gasteiger partial charge in [0.2, 0.25) is 5.82 Å². The minimum atomic E-state index is -0.353. The molecule has 2 N–H and O–H groups in total. The van der Waals surface area contributed by atoms with Crippen LogP contribution in [0.25, 0.3) is 22.3 Å². The third-order valence-corrected chi connectivity index (χ3v) is 4.27. The number of fused-ring (bicyclic) bond motifs is 1. The summed E-state index contributed by atoms with van der Waals surface area (Å²) in [4.78, 5) is 21.8. The zero-order valence-electron chi connectivity index (χ0n) is 13.7. The first-order chi connectivity index (χ1) is 12.3. The third kappa shape index (κ3) is 3.40. The van der Waals surface area contributed by atoms with Crippen molar-refractivity contribution in [1.82, 2.24) is 25.3 Å². The van der Waals surface area contributed by atoms with Crippen molar-refractivity contribution in [3.05, 3.63) is 36.4 Å². The van der Waals surface area contributed by atoms with E-state index in [9.17, 15) is 4.79 Å². The van der Waals surface area contributed by atoms with Crippen LogP contribution < -0.4 is 5.32 Å². The number of nitrogens with zero attached hydrogens (tertiary/aromatic N) is 3. The van der Waals surface area contributed by atoms with Crippen molar-refractivity contribution in [3.63, 3.8) is 0 Å². The number of amides is 1. The van der Waals surface area contributed by atoms with Crippen molar-refractivity contribution in [3.8, 4) is 11.4 Å². The van der Waals surface area contributed by atoms with E-state index < -0.39 is 0 Å². The molecule has 0 radical (unpaired) electrons. The van der Waals surface area contributed by atoms with Crippen LogP contribution in [0.15, 0.2) is 35.0 Å². The summed E-state index contributed by atoms with van der Waals surface area (Å²) in [7, 11) is 0. The Labute approximate surface area is 144 Å². The number of rotatable bonds is 5. The summed E-state index contributed by atoms with van der Waals surface area (Å²) in [5.74, 6) is 0.0290. The minimum Gasteiger partial charge on any atom is -0.379 e. The summed E-state index contributed by atoms with van der Waals surface area (Å²) >= 11 is 0. The predicted molar refractivity (Wildman–Crippen MR) is 91.2 cm³/mol. The Balaban J connectivity index is 1.40. The van der Waals surface area contributed by atoms with Gasteiger partial charge < -0.3 is 19.6 Å². The predicted octanol–water partition coefficient (Wildman–Crippen LogP) is 1.28. The lowest BCUT2D eigenvalue weighted by molar-refractivity contribution is 0.0382. The monoisotopic (exact) mass is 341 g/mol. The summed E-state index contributed by atoms with van der Waals surface area (Å²) in [5, 5.41) is 7.76. The number of morpholine rings is 1. The fraction of sp³-hybridized carbons (Fsp3) is 0.353. The number of carbonyl (C=O) groups excluding carboxylic acids is 1. The molecule has 0 atom stereocenters. The summed E-state index contributed by atoms with van der Waals surface area (Å²) < 4.78 is 10.4. The topological polar surface area (TPSA) is 96.3 Å². The lowest BCUT2D eigenvalue weighted by atomic mass is 10.1. The van der Waals surface area contributed by atoms with Gasteiger partial charge in [0.25, 0.3) is 0 Å². The number of aromatic amines is 1. The van der Waals surface area contributed by atoms with E-state index in [0.29, 0.717) is 12.4 Å². The highest BCUT2D eigenvalue weighted by atomic mass is 16.5. The second-order valence-electron chi connectivity index (χ2n) is 5.88. The molecular weight excluding hydrogens is 322 g/mol. The molecule has 1 fully saturated rings. The number of hydrogen-bond donors (Lipinski definition) is 2. The van der Waals surface area contributed by atoms with Crippen LogP contribution >= 0.6 is 0 Å². The first-order valence-electron chi connectivity index (χ1n) is 8.30. The summed E-state index contributed by atoms with van der Waals surface area (Å²) in [5.41, 5.74) is 1.81. The Bertz CT molecular complexity index is 866. The van der Waals surface area contributed by atoms with E-state index in [-0.39, 0.29) is 11.8 Å². The van der Waals surface area contributed by atoms with Gasteiger partial charge >= 0.3 is 11.8 Å². The molecule has 8 heteroatoms. The molecule has 0 unspecified atom stereocenters. The Morgan fingerprint density at radius 3 is 3.04 bits per heavy atom. The Hall–Kier alpha value is -2.71. The van der Waals surface area contributed by atoms with E-state index in [0.717, 1.165) is 49.3 Å². The molecule has 2 aromatic heterocycles. The number of ether oxygens (including phenoxy) is 1. The molecule has 0 saturated carbocycles. The average Bonchev–Trinajstić information content (AvgIpc) is 3.32. The van der Waals surface area contributed by atoms with Crippen LogP contribution in [0.4, 0.5) is 0 Å². The quantitative estimate of drug-likeness (QED) is 0.726. The van der Waals surface area contributed by atoms with Gasteiger partial charge in [-0.1, -0.05) is 17.3 Å². The Kier molecular flexibility index (Phi) is 4.45. The molecule has 1 saturated heterocycles. The van der Waals surface area contributed by atoms with Crippen LogP contribution in [0.3, 0.4) is 0 Å². The minimum absolute atomic E-state index is 0.0236. The van der Waals surface area contributed by atoms with Crippen LogP contribution in [0, 0.1) is 0 Å². The first kappa shape index (κ1) is 15.8. The Morgan fingerprint density at radius 1 is 1.28 bits per heavy atom. The molecule has 8 nitrogen and oxygen atoms in total. The van der Waals surface area contributed by atoms with Crippen molar-refractivity contribution < 1.29 is 14.1 Å². The molecule has 0 spiro atoms. The molecule has 1 amide bonds. The van der Waals surface area contributed by atoms with Crippen molar-refractivity contribution >= 4 is 16.8 Å². The maximum absolute atomic E-state index is 12.2. The van der Waals surface area contributed by atoms with Gasteiger partial charge in [-0.2, -0.15) is 4.98 Å². The fourth-order valence-electron chi connectivity index (χ4n) is 2.93. The lowest BCUT2D eigenvalue weighted by Gasteiger charge is -2.26. The van der Waals surface area contributed by atoms with E-state index in [4.69, 9.17) is 9.26 Å². The smallest absolute Gasteiger partial charge is 0.316 e. The third-order valence-electron chi connectivity index (χ3n) is 4.27. The van der Waals surface area contributed by atoms with E-state index in [2.05, 4.69) is 25.3 Å². The van der Waals surface area contributed by atoms with Crippen LogP contribution in [0.5, 0.6) is 0 Å². The van der Waals surface area contributed by atoms with E-state index in [1.165, 1.54) is 0 Å². The molecule has 1 aromatic carbocycles. The van der Waals surface area contributed by atoms with E-state index in [1.54, 1.807) is 0 Å². The van der Waals surface area contributed by atoms with Gasteiger partial charge in [-0.25, -0.2) is 0 Å². The molecule has 25 heavy (non-hydrogen) atoms. The van der Waals surface area contributed by atoms with Gasteiger partial charge in [-0.15, -0.1) is 0 Å². The number of H-pyrrole nitrogens is 1. The molecular formula is C17H19N5O3. The van der Waals surface area contributed by atoms with Gasteiger partial charge in [0, 0.05) is 48.8 Å². The number of carbonyl (C=O) groups is 1. The molecule has 3 aromatic rings. The SMILES string of the molecule is O=C(NCCN1CCOCC1)c1nc(-c2cccc3[nH]ccc23)no1. The van der Waals surface area contributed by atoms with Gasteiger partial charge in [-0.3, -0.25) is 9.69 Å². The lowest BCUT2D eigenvalue weighted by Crippen LogP contribution is -2.41. The molecule has 130 valence electrons. The van der Waals surface area contributed by atoms with Gasteiger partial charge in [0.05, 0.1) is 13.2 Å². The van der Waals surface area contributed by atoms with Crippen molar-refractivity contribution in [1.29, 1.82) is 0 Å². The molecule has 3 heterocycles. The molecule has 0 aliphatic carbocycles. The maximum Gasteiger partial charge on any atom is 0.316 e. The number of nitrogens with one attached hydrogen (secondary N) is 2. The second-order valence-corrected chi connectivity index (χ2v) is 5.88. The number of aromatic nitrogens is 3.